The number of aliphatic hydroxyl groups excluding tert-OH is 1. The lowest BCUT2D eigenvalue weighted by Crippen LogP contribution is -2.65. The smallest absolute Gasteiger partial charge is 0.264 e. The Morgan fingerprint density at radius 3 is 2.63 bits per heavy atom. The summed E-state index contributed by atoms with van der Waals surface area (Å²) in [7, 11) is -2.71. The summed E-state index contributed by atoms with van der Waals surface area (Å²) < 4.78 is 39.0. The number of aliphatic hydroxyl groups is 1. The van der Waals surface area contributed by atoms with Crippen molar-refractivity contribution in [3.8, 4) is 0 Å². The second-order valence-corrected chi connectivity index (χ2v) is 7.41. The zero-order valence-electron chi connectivity index (χ0n) is 14.6. The predicted octanol–water partition coefficient (Wildman–Crippen LogP) is 0.172. The Bertz CT molecular complexity index is 798. The van der Waals surface area contributed by atoms with Gasteiger partial charge in [0, 0.05) is 17.6 Å². The lowest BCUT2D eigenvalue weighted by molar-refractivity contribution is -0.247. The number of hydrogen-bond donors (Lipinski definition) is 2. The third-order valence-corrected chi connectivity index (χ3v) is 4.42. The number of azide groups is 1. The van der Waals surface area contributed by atoms with Crippen LogP contribution in [0.3, 0.4) is 0 Å². The van der Waals surface area contributed by atoms with E-state index in [1.54, 1.807) is 30.3 Å². The van der Waals surface area contributed by atoms with Crippen molar-refractivity contribution in [2.75, 3.05) is 19.9 Å². The summed E-state index contributed by atoms with van der Waals surface area (Å²) >= 11 is 0. The molecule has 0 radical (unpaired) electrons. The zero-order valence-corrected chi connectivity index (χ0v) is 15.4. The van der Waals surface area contributed by atoms with E-state index in [4.69, 9.17) is 19.2 Å². The first kappa shape index (κ1) is 21.1. The third kappa shape index (κ3) is 5.63. The number of hydrogen-bond acceptors (Lipinski definition) is 8. The normalized spacial score (nSPS) is 28.2. The molecule has 1 aliphatic heterocycles. The van der Waals surface area contributed by atoms with Crippen molar-refractivity contribution in [1.82, 2.24) is 5.32 Å². The van der Waals surface area contributed by atoms with Gasteiger partial charge in [0.1, 0.15) is 18.2 Å². The van der Waals surface area contributed by atoms with Gasteiger partial charge < -0.3 is 19.9 Å². The number of nitrogens with one attached hydrogen (secondary N) is 1. The summed E-state index contributed by atoms with van der Waals surface area (Å²) in [6.07, 6.45) is -4.33. The minimum atomic E-state index is -3.99. The van der Waals surface area contributed by atoms with Crippen LogP contribution in [0.2, 0.25) is 0 Å². The molecule has 1 aliphatic rings. The molecule has 0 aromatic heterocycles. The van der Waals surface area contributed by atoms with Crippen LogP contribution in [-0.4, -0.2) is 70.0 Å². The average molecular weight is 400 g/mol. The fourth-order valence-corrected chi connectivity index (χ4v) is 3.32. The van der Waals surface area contributed by atoms with E-state index < -0.39 is 46.7 Å². The highest BCUT2D eigenvalue weighted by atomic mass is 32.2. The number of carbonyl (C=O) groups excluding carboxylic acids is 1. The fraction of sp³-hybridized carbons (Fsp3) is 0.533. The molecule has 1 saturated heterocycles. The summed E-state index contributed by atoms with van der Waals surface area (Å²) in [5, 5.41) is 16.4. The van der Waals surface area contributed by atoms with Crippen molar-refractivity contribution in [3.63, 3.8) is 0 Å². The van der Waals surface area contributed by atoms with Crippen LogP contribution in [0.4, 0.5) is 0 Å². The Balaban J connectivity index is 2.31. The summed E-state index contributed by atoms with van der Waals surface area (Å²) in [4.78, 5) is 15.1. The largest absolute Gasteiger partial charge is 0.388 e. The Morgan fingerprint density at radius 1 is 1.41 bits per heavy atom. The minimum absolute atomic E-state index is 0.277. The van der Waals surface area contributed by atoms with Crippen molar-refractivity contribution in [2.24, 2.45) is 5.11 Å². The van der Waals surface area contributed by atoms with E-state index in [2.05, 4.69) is 15.3 Å². The number of amides is 1. The Morgan fingerprint density at radius 2 is 2.07 bits per heavy atom. The molecule has 0 spiro atoms. The summed E-state index contributed by atoms with van der Waals surface area (Å²) in [6, 6.07) is 7.04. The number of benzene rings is 1. The first-order valence-corrected chi connectivity index (χ1v) is 9.70. The van der Waals surface area contributed by atoms with Gasteiger partial charge in [-0.1, -0.05) is 23.3 Å². The van der Waals surface area contributed by atoms with E-state index >= 15 is 0 Å². The monoisotopic (exact) mass is 400 g/mol. The van der Waals surface area contributed by atoms with Gasteiger partial charge in [0.05, 0.1) is 18.9 Å². The molecule has 5 atom stereocenters. The van der Waals surface area contributed by atoms with Crippen LogP contribution in [0, 0.1) is 0 Å². The first-order chi connectivity index (χ1) is 12.8. The maximum atomic E-state index is 12.5. The molecule has 0 unspecified atom stereocenters. The van der Waals surface area contributed by atoms with E-state index in [0.717, 1.165) is 6.26 Å². The second kappa shape index (κ2) is 9.13. The van der Waals surface area contributed by atoms with Gasteiger partial charge in [0.2, 0.25) is 0 Å². The quantitative estimate of drug-likeness (QED) is 0.285. The lowest BCUT2D eigenvalue weighted by atomic mass is 9.96. The van der Waals surface area contributed by atoms with Gasteiger partial charge in [0.15, 0.2) is 6.29 Å². The molecule has 1 heterocycles. The highest BCUT2D eigenvalue weighted by molar-refractivity contribution is 7.86. The number of carbonyl (C=O) groups is 1. The van der Waals surface area contributed by atoms with E-state index in [-0.39, 0.29) is 6.54 Å². The predicted molar refractivity (Wildman–Crippen MR) is 93.1 cm³/mol. The maximum absolute atomic E-state index is 12.5. The van der Waals surface area contributed by atoms with E-state index in [9.17, 15) is 18.3 Å². The molecule has 1 amide bonds. The van der Waals surface area contributed by atoms with Gasteiger partial charge in [-0.25, -0.2) is 0 Å². The van der Waals surface area contributed by atoms with Crippen molar-refractivity contribution in [3.05, 3.63) is 46.3 Å². The molecule has 11 nitrogen and oxygen atoms in total. The Kier molecular flexibility index (Phi) is 7.13. The van der Waals surface area contributed by atoms with Crippen LogP contribution in [0.25, 0.3) is 10.4 Å². The minimum Gasteiger partial charge on any atom is -0.388 e. The van der Waals surface area contributed by atoms with E-state index in [0.29, 0.717) is 5.56 Å². The summed E-state index contributed by atoms with van der Waals surface area (Å²) in [5.74, 6) is -0.533. The van der Waals surface area contributed by atoms with E-state index in [1.807, 2.05) is 0 Å². The van der Waals surface area contributed by atoms with Gasteiger partial charge in [0.25, 0.3) is 16.0 Å². The van der Waals surface area contributed by atoms with Crippen LogP contribution < -0.4 is 5.32 Å². The van der Waals surface area contributed by atoms with Crippen molar-refractivity contribution < 1.29 is 32.0 Å². The Labute approximate surface area is 156 Å². The molecule has 1 aromatic rings. The molecular formula is C15H20N4O7S. The second-order valence-electron chi connectivity index (χ2n) is 5.81. The fourth-order valence-electron chi connectivity index (χ4n) is 2.68. The van der Waals surface area contributed by atoms with Gasteiger partial charge in [-0.3, -0.25) is 8.98 Å². The third-order valence-electron chi connectivity index (χ3n) is 3.85. The van der Waals surface area contributed by atoms with Crippen molar-refractivity contribution >= 4 is 16.0 Å². The number of ether oxygens (including phenoxy) is 2. The highest BCUT2D eigenvalue weighted by Crippen LogP contribution is 2.26. The van der Waals surface area contributed by atoms with Crippen molar-refractivity contribution in [1.29, 1.82) is 0 Å². The van der Waals surface area contributed by atoms with Crippen LogP contribution in [0.1, 0.15) is 10.4 Å². The standard InChI is InChI=1S/C15H20N4O7S/c1-24-15-11(18-14(21)9-6-4-3-5-7-9)13(26-27(2,22)23)12(20)10(25-15)8-17-19-16/h3-7,10-13,15,20H,8H2,1-2H3,(H,18,21)/t10-,11+,12-,13-,15-/m1/s1. The molecule has 148 valence electrons. The molecule has 0 bridgehead atoms. The molecule has 1 aromatic carbocycles. The molecule has 0 aliphatic carbocycles. The van der Waals surface area contributed by atoms with Crippen LogP contribution >= 0.6 is 0 Å². The molecule has 2 rings (SSSR count). The molecule has 0 saturated carbocycles. The molecular weight excluding hydrogens is 380 g/mol. The summed E-state index contributed by atoms with van der Waals surface area (Å²) in [6.45, 7) is -0.277. The Hall–Kier alpha value is -2.21. The topological polar surface area (TPSA) is 160 Å². The maximum Gasteiger partial charge on any atom is 0.264 e. The van der Waals surface area contributed by atoms with Crippen LogP contribution in [0.5, 0.6) is 0 Å². The molecule has 2 N–H and O–H groups in total. The van der Waals surface area contributed by atoms with Gasteiger partial charge in [-0.15, -0.1) is 0 Å². The van der Waals surface area contributed by atoms with E-state index in [1.165, 1.54) is 7.11 Å². The first-order valence-electron chi connectivity index (χ1n) is 7.88. The number of nitrogens with zero attached hydrogens (tertiary/aromatic N) is 3. The van der Waals surface area contributed by atoms with Crippen molar-refractivity contribution in [2.45, 2.75) is 30.6 Å². The number of methoxy groups -OCH3 is 1. The van der Waals surface area contributed by atoms with Gasteiger partial charge >= 0.3 is 0 Å². The number of rotatable bonds is 7. The van der Waals surface area contributed by atoms with Crippen LogP contribution in [0.15, 0.2) is 35.4 Å². The van der Waals surface area contributed by atoms with Gasteiger partial charge in [-0.2, -0.15) is 8.42 Å². The van der Waals surface area contributed by atoms with Crippen LogP contribution in [-0.2, 0) is 23.8 Å². The molecule has 1 fully saturated rings. The van der Waals surface area contributed by atoms with Gasteiger partial charge in [-0.05, 0) is 17.7 Å². The summed E-state index contributed by atoms with van der Waals surface area (Å²) in [5.41, 5.74) is 8.78. The SMILES string of the molecule is CO[C@@H]1O[C@H](CN=[N+]=[N-])[C@@H](O)[C@H](OS(C)(=O)=O)[C@@H]1NC(=O)c1ccccc1. The lowest BCUT2D eigenvalue weighted by Gasteiger charge is -2.43. The highest BCUT2D eigenvalue weighted by Gasteiger charge is 2.48. The molecule has 12 heteroatoms. The molecule has 27 heavy (non-hydrogen) atoms. The average Bonchev–Trinajstić information content (AvgIpc) is 2.63. The zero-order chi connectivity index (χ0) is 20.0.